The van der Waals surface area contributed by atoms with Crippen LogP contribution in [-0.2, 0) is 4.79 Å². The summed E-state index contributed by atoms with van der Waals surface area (Å²) >= 11 is 5.89. The number of rotatable bonds is 0. The Balaban J connectivity index is 2.06. The third-order valence-electron chi connectivity index (χ3n) is 3.89. The lowest BCUT2D eigenvalue weighted by Gasteiger charge is -2.27. The number of amides is 1. The number of carbonyl (C=O) groups excluding carboxylic acids is 1. The maximum absolute atomic E-state index is 12.3. The van der Waals surface area contributed by atoms with Gasteiger partial charge in [0, 0.05) is 12.2 Å². The molecule has 4 nitrogen and oxygen atoms in total. The van der Waals surface area contributed by atoms with Gasteiger partial charge in [-0.2, -0.15) is 0 Å². The number of nitrogens with one attached hydrogen (secondary N) is 2. The number of hydrogen-bond donors (Lipinski definition) is 2. The third-order valence-corrected chi connectivity index (χ3v) is 4.10. The molecule has 1 amide bonds. The summed E-state index contributed by atoms with van der Waals surface area (Å²) in [5.74, 6) is 0.786. The van der Waals surface area contributed by atoms with Gasteiger partial charge in [0.1, 0.15) is 5.82 Å². The minimum atomic E-state index is -0.340. The standard InChI is InChI=1S/C12H14ClN3O/c1-12-4-2-3-9(12)16-10-8(15-11(12)17)5-7(13)6-14-10/h5-6,9H,2-4H2,1H3,(H,14,16)(H,15,17). The van der Waals surface area contributed by atoms with Gasteiger partial charge in [-0.05, 0) is 25.8 Å². The van der Waals surface area contributed by atoms with E-state index in [-0.39, 0.29) is 17.4 Å². The number of halogens is 1. The highest BCUT2D eigenvalue weighted by atomic mass is 35.5. The predicted molar refractivity (Wildman–Crippen MR) is 67.2 cm³/mol. The fourth-order valence-corrected chi connectivity index (χ4v) is 2.91. The lowest BCUT2D eigenvalue weighted by Crippen LogP contribution is -2.41. The highest BCUT2D eigenvalue weighted by molar-refractivity contribution is 6.31. The van der Waals surface area contributed by atoms with Crippen LogP contribution in [-0.4, -0.2) is 16.9 Å². The maximum atomic E-state index is 12.3. The molecular formula is C12H14ClN3O. The van der Waals surface area contributed by atoms with Crippen LogP contribution in [0.1, 0.15) is 26.2 Å². The molecule has 0 bridgehead atoms. The Hall–Kier alpha value is -1.29. The molecule has 2 heterocycles. The smallest absolute Gasteiger partial charge is 0.232 e. The molecule has 0 saturated heterocycles. The average Bonchev–Trinajstić information content (AvgIpc) is 2.61. The summed E-state index contributed by atoms with van der Waals surface area (Å²) in [5.41, 5.74) is 0.339. The second-order valence-electron chi connectivity index (χ2n) is 5.01. The first-order valence-corrected chi connectivity index (χ1v) is 6.21. The highest BCUT2D eigenvalue weighted by Gasteiger charge is 2.47. The largest absolute Gasteiger partial charge is 0.365 e. The molecule has 1 aromatic heterocycles. The number of carbonyl (C=O) groups is 1. The van der Waals surface area contributed by atoms with Gasteiger partial charge >= 0.3 is 0 Å². The van der Waals surface area contributed by atoms with Gasteiger partial charge in [-0.25, -0.2) is 4.98 Å². The summed E-state index contributed by atoms with van der Waals surface area (Å²) in [5, 5.41) is 6.82. The molecule has 0 spiro atoms. The van der Waals surface area contributed by atoms with E-state index in [1.165, 1.54) is 0 Å². The molecule has 17 heavy (non-hydrogen) atoms. The van der Waals surface area contributed by atoms with Gasteiger partial charge in [0.2, 0.25) is 5.91 Å². The summed E-state index contributed by atoms with van der Waals surface area (Å²) in [6.45, 7) is 2.01. The Morgan fingerprint density at radius 2 is 2.41 bits per heavy atom. The van der Waals surface area contributed by atoms with Crippen molar-refractivity contribution in [2.75, 3.05) is 10.6 Å². The number of aromatic nitrogens is 1. The number of hydrogen-bond acceptors (Lipinski definition) is 3. The quantitative estimate of drug-likeness (QED) is 0.745. The molecular weight excluding hydrogens is 238 g/mol. The monoisotopic (exact) mass is 251 g/mol. The molecule has 0 radical (unpaired) electrons. The fraction of sp³-hybridized carbons (Fsp3) is 0.500. The van der Waals surface area contributed by atoms with Crippen molar-refractivity contribution in [3.8, 4) is 0 Å². The van der Waals surface area contributed by atoms with Gasteiger partial charge in [-0.1, -0.05) is 18.0 Å². The van der Waals surface area contributed by atoms with Gasteiger partial charge in [-0.15, -0.1) is 0 Å². The van der Waals surface area contributed by atoms with E-state index < -0.39 is 0 Å². The average molecular weight is 252 g/mol. The predicted octanol–water partition coefficient (Wildman–Crippen LogP) is 2.66. The summed E-state index contributed by atoms with van der Waals surface area (Å²) in [7, 11) is 0. The molecule has 1 aromatic rings. The van der Waals surface area contributed by atoms with Gasteiger partial charge < -0.3 is 10.6 Å². The third kappa shape index (κ3) is 1.59. The summed E-state index contributed by atoms with van der Waals surface area (Å²) in [4.78, 5) is 16.5. The Morgan fingerprint density at radius 3 is 3.24 bits per heavy atom. The normalized spacial score (nSPS) is 30.9. The minimum Gasteiger partial charge on any atom is -0.365 e. The molecule has 2 unspecified atom stereocenters. The lowest BCUT2D eigenvalue weighted by molar-refractivity contribution is -0.124. The molecule has 3 rings (SSSR count). The van der Waals surface area contributed by atoms with Crippen LogP contribution >= 0.6 is 11.6 Å². The van der Waals surface area contributed by atoms with Crippen LogP contribution in [0.4, 0.5) is 11.5 Å². The van der Waals surface area contributed by atoms with Crippen molar-refractivity contribution < 1.29 is 4.79 Å². The van der Waals surface area contributed by atoms with Gasteiger partial charge in [-0.3, -0.25) is 4.79 Å². The van der Waals surface area contributed by atoms with E-state index in [4.69, 9.17) is 11.6 Å². The molecule has 1 aliphatic carbocycles. The number of fused-ring (bicyclic) bond motifs is 2. The first-order chi connectivity index (χ1) is 8.09. The molecule has 2 N–H and O–H groups in total. The van der Waals surface area contributed by atoms with E-state index in [0.717, 1.165) is 25.1 Å². The molecule has 1 aliphatic heterocycles. The number of pyridine rings is 1. The molecule has 2 aliphatic rings. The Kier molecular flexibility index (Phi) is 2.30. The maximum Gasteiger partial charge on any atom is 0.232 e. The fourth-order valence-electron chi connectivity index (χ4n) is 2.75. The zero-order valence-corrected chi connectivity index (χ0v) is 10.3. The lowest BCUT2D eigenvalue weighted by atomic mass is 9.84. The summed E-state index contributed by atoms with van der Waals surface area (Å²) < 4.78 is 0. The highest BCUT2D eigenvalue weighted by Crippen LogP contribution is 2.43. The van der Waals surface area contributed by atoms with Crippen LogP contribution in [0.25, 0.3) is 0 Å². The van der Waals surface area contributed by atoms with Crippen LogP contribution in [0.5, 0.6) is 0 Å². The van der Waals surface area contributed by atoms with Gasteiger partial charge in [0.15, 0.2) is 0 Å². The minimum absolute atomic E-state index is 0.0651. The summed E-state index contributed by atoms with van der Waals surface area (Å²) in [6.07, 6.45) is 4.59. The second-order valence-corrected chi connectivity index (χ2v) is 5.45. The van der Waals surface area contributed by atoms with E-state index in [1.807, 2.05) is 6.92 Å². The van der Waals surface area contributed by atoms with Crippen molar-refractivity contribution in [1.29, 1.82) is 0 Å². The van der Waals surface area contributed by atoms with Crippen LogP contribution < -0.4 is 10.6 Å². The zero-order valence-electron chi connectivity index (χ0n) is 9.59. The topological polar surface area (TPSA) is 54.0 Å². The Morgan fingerprint density at radius 1 is 1.59 bits per heavy atom. The van der Waals surface area contributed by atoms with Crippen molar-refractivity contribution in [2.45, 2.75) is 32.2 Å². The van der Waals surface area contributed by atoms with Crippen LogP contribution in [0.2, 0.25) is 5.02 Å². The van der Waals surface area contributed by atoms with E-state index in [0.29, 0.717) is 10.7 Å². The SMILES string of the molecule is CC12CCCC1Nc1ncc(Cl)cc1NC2=O. The van der Waals surface area contributed by atoms with E-state index in [2.05, 4.69) is 15.6 Å². The van der Waals surface area contributed by atoms with Crippen molar-refractivity contribution in [3.63, 3.8) is 0 Å². The molecule has 0 aromatic carbocycles. The van der Waals surface area contributed by atoms with Crippen LogP contribution in [0.3, 0.4) is 0 Å². The van der Waals surface area contributed by atoms with Crippen molar-refractivity contribution >= 4 is 29.0 Å². The van der Waals surface area contributed by atoms with Crippen molar-refractivity contribution in [2.24, 2.45) is 5.41 Å². The number of anilines is 2. The molecule has 90 valence electrons. The molecule has 5 heteroatoms. The van der Waals surface area contributed by atoms with Gasteiger partial charge in [0.05, 0.1) is 16.1 Å². The second kappa shape index (κ2) is 3.60. The molecule has 2 atom stereocenters. The van der Waals surface area contributed by atoms with Crippen LogP contribution in [0.15, 0.2) is 12.3 Å². The van der Waals surface area contributed by atoms with Crippen molar-refractivity contribution in [1.82, 2.24) is 4.98 Å². The van der Waals surface area contributed by atoms with Crippen LogP contribution in [0, 0.1) is 5.41 Å². The summed E-state index contributed by atoms with van der Waals surface area (Å²) in [6, 6.07) is 1.90. The molecule has 1 fully saturated rings. The van der Waals surface area contributed by atoms with E-state index >= 15 is 0 Å². The van der Waals surface area contributed by atoms with E-state index in [9.17, 15) is 4.79 Å². The molecule has 1 saturated carbocycles. The Labute approximate surface area is 105 Å². The zero-order chi connectivity index (χ0) is 12.0. The number of nitrogens with zero attached hydrogens (tertiary/aromatic N) is 1. The Bertz CT molecular complexity index is 491. The van der Waals surface area contributed by atoms with Gasteiger partial charge in [0.25, 0.3) is 0 Å². The van der Waals surface area contributed by atoms with E-state index in [1.54, 1.807) is 12.3 Å². The first-order valence-electron chi connectivity index (χ1n) is 5.83. The van der Waals surface area contributed by atoms with Crippen molar-refractivity contribution in [3.05, 3.63) is 17.3 Å². The first kappa shape index (κ1) is 10.8.